The molecule has 0 aliphatic rings. The quantitative estimate of drug-likeness (QED) is 0.586. The largest absolute Gasteiger partial charge is 0.300 e. The van der Waals surface area contributed by atoms with Crippen molar-refractivity contribution in [3.8, 4) is 0 Å². The van der Waals surface area contributed by atoms with Crippen LogP contribution < -0.4 is 0 Å². The second-order valence-electron chi connectivity index (χ2n) is 2.77. The van der Waals surface area contributed by atoms with Crippen LogP contribution in [-0.2, 0) is 0 Å². The van der Waals surface area contributed by atoms with Gasteiger partial charge < -0.3 is 5.01 Å². The van der Waals surface area contributed by atoms with Gasteiger partial charge in [0.05, 0.1) is 6.21 Å². The molecule has 13 heavy (non-hydrogen) atoms. The van der Waals surface area contributed by atoms with E-state index in [0.717, 1.165) is 16.6 Å². The Morgan fingerprint density at radius 1 is 1.54 bits per heavy atom. The summed E-state index contributed by atoms with van der Waals surface area (Å²) in [4.78, 5) is 0. The Morgan fingerprint density at radius 3 is 2.92 bits per heavy atom. The Balaban J connectivity index is 2.68. The van der Waals surface area contributed by atoms with Crippen molar-refractivity contribution in [2.24, 2.45) is 5.10 Å². The summed E-state index contributed by atoms with van der Waals surface area (Å²) < 4.78 is 1.08. The van der Waals surface area contributed by atoms with Crippen molar-refractivity contribution in [3.05, 3.63) is 34.3 Å². The van der Waals surface area contributed by atoms with Crippen LogP contribution in [0.3, 0.4) is 0 Å². The van der Waals surface area contributed by atoms with Gasteiger partial charge in [0, 0.05) is 18.1 Å². The zero-order chi connectivity index (χ0) is 9.68. The van der Waals surface area contributed by atoms with Crippen molar-refractivity contribution in [1.29, 1.82) is 0 Å². The summed E-state index contributed by atoms with van der Waals surface area (Å²) >= 11 is 3.41. The molecule has 0 fully saturated rings. The van der Waals surface area contributed by atoms with Crippen molar-refractivity contribution in [1.82, 2.24) is 5.01 Å². The highest BCUT2D eigenvalue weighted by atomic mass is 79.9. The molecule has 0 spiro atoms. The molecule has 2 nitrogen and oxygen atoms in total. The lowest BCUT2D eigenvalue weighted by molar-refractivity contribution is 0.377. The van der Waals surface area contributed by atoms with Crippen LogP contribution in [0.5, 0.6) is 0 Å². The number of hydrazone groups is 1. The van der Waals surface area contributed by atoms with E-state index in [1.165, 1.54) is 0 Å². The first-order valence-electron chi connectivity index (χ1n) is 4.23. The molecule has 0 saturated heterocycles. The lowest BCUT2D eigenvalue weighted by Crippen LogP contribution is -2.09. The molecule has 0 unspecified atom stereocenters. The highest BCUT2D eigenvalue weighted by Gasteiger charge is 1.89. The minimum atomic E-state index is 0.921. The van der Waals surface area contributed by atoms with Gasteiger partial charge in [0.25, 0.3) is 0 Å². The maximum Gasteiger partial charge on any atom is 0.0543 e. The number of nitrogens with zero attached hydrogens (tertiary/aromatic N) is 2. The van der Waals surface area contributed by atoms with Crippen molar-refractivity contribution < 1.29 is 0 Å². The van der Waals surface area contributed by atoms with E-state index < -0.39 is 0 Å². The predicted octanol–water partition coefficient (Wildman–Crippen LogP) is 2.73. The van der Waals surface area contributed by atoms with E-state index in [-0.39, 0.29) is 0 Å². The van der Waals surface area contributed by atoms with E-state index in [0.29, 0.717) is 0 Å². The van der Waals surface area contributed by atoms with E-state index in [1.54, 1.807) is 0 Å². The summed E-state index contributed by atoms with van der Waals surface area (Å²) in [5.74, 6) is 0. The van der Waals surface area contributed by atoms with Crippen LogP contribution in [0.1, 0.15) is 12.5 Å². The van der Waals surface area contributed by atoms with Gasteiger partial charge in [-0.2, -0.15) is 5.10 Å². The second kappa shape index (κ2) is 5.02. The first-order valence-corrected chi connectivity index (χ1v) is 5.02. The number of hydrogen-bond acceptors (Lipinski definition) is 2. The fraction of sp³-hybridized carbons (Fsp3) is 0.300. The van der Waals surface area contributed by atoms with E-state index in [1.807, 2.05) is 42.5 Å². The predicted molar refractivity (Wildman–Crippen MR) is 60.0 cm³/mol. The molecule has 0 radical (unpaired) electrons. The SMILES string of the molecule is CCN(C)/N=C/c1cccc(Br)c1. The molecular weight excluding hydrogens is 228 g/mol. The summed E-state index contributed by atoms with van der Waals surface area (Å²) in [6.45, 7) is 2.99. The van der Waals surface area contributed by atoms with Crippen LogP contribution in [0.4, 0.5) is 0 Å². The van der Waals surface area contributed by atoms with Gasteiger partial charge in [0.2, 0.25) is 0 Å². The Morgan fingerprint density at radius 2 is 2.31 bits per heavy atom. The van der Waals surface area contributed by atoms with Crippen molar-refractivity contribution in [3.63, 3.8) is 0 Å². The van der Waals surface area contributed by atoms with Gasteiger partial charge in [-0.15, -0.1) is 0 Å². The molecule has 70 valence electrons. The minimum Gasteiger partial charge on any atom is -0.300 e. The Bertz CT molecular complexity index is 297. The van der Waals surface area contributed by atoms with E-state index in [9.17, 15) is 0 Å². The topological polar surface area (TPSA) is 15.6 Å². The maximum absolute atomic E-state index is 4.24. The zero-order valence-corrected chi connectivity index (χ0v) is 9.45. The third-order valence-corrected chi connectivity index (χ3v) is 2.20. The molecule has 1 aromatic rings. The zero-order valence-electron chi connectivity index (χ0n) is 7.87. The van der Waals surface area contributed by atoms with Crippen molar-refractivity contribution in [2.45, 2.75) is 6.92 Å². The highest BCUT2D eigenvalue weighted by Crippen LogP contribution is 2.09. The third-order valence-electron chi connectivity index (χ3n) is 1.71. The average molecular weight is 241 g/mol. The molecule has 0 aliphatic carbocycles. The lowest BCUT2D eigenvalue weighted by atomic mass is 10.2. The summed E-state index contributed by atoms with van der Waals surface area (Å²) in [7, 11) is 1.95. The standard InChI is InChI=1S/C10H13BrN2/c1-3-13(2)12-8-9-5-4-6-10(11)7-9/h4-8H,3H2,1-2H3/b12-8+. The smallest absolute Gasteiger partial charge is 0.0543 e. The summed E-state index contributed by atoms with van der Waals surface area (Å²) in [5.41, 5.74) is 1.11. The molecule has 0 saturated carbocycles. The molecule has 0 heterocycles. The molecule has 0 atom stereocenters. The van der Waals surface area contributed by atoms with Gasteiger partial charge in [-0.25, -0.2) is 0 Å². The second-order valence-corrected chi connectivity index (χ2v) is 3.69. The molecule has 1 aromatic carbocycles. The van der Waals surface area contributed by atoms with E-state index in [4.69, 9.17) is 0 Å². The first-order chi connectivity index (χ1) is 6.22. The van der Waals surface area contributed by atoms with Crippen LogP contribution in [-0.4, -0.2) is 24.8 Å². The van der Waals surface area contributed by atoms with Gasteiger partial charge in [0.15, 0.2) is 0 Å². The van der Waals surface area contributed by atoms with Gasteiger partial charge in [0.1, 0.15) is 0 Å². The Kier molecular flexibility index (Phi) is 3.96. The highest BCUT2D eigenvalue weighted by molar-refractivity contribution is 9.10. The normalized spacial score (nSPS) is 10.7. The van der Waals surface area contributed by atoms with Gasteiger partial charge in [-0.3, -0.25) is 0 Å². The molecule has 0 N–H and O–H groups in total. The number of rotatable bonds is 3. The van der Waals surface area contributed by atoms with Crippen LogP contribution in [0.25, 0.3) is 0 Å². The van der Waals surface area contributed by atoms with E-state index >= 15 is 0 Å². The number of hydrogen-bond donors (Lipinski definition) is 0. The molecule has 3 heteroatoms. The first kappa shape index (κ1) is 10.3. The summed E-state index contributed by atoms with van der Waals surface area (Å²) in [6, 6.07) is 8.06. The number of benzene rings is 1. The molecular formula is C10H13BrN2. The molecule has 1 rings (SSSR count). The van der Waals surface area contributed by atoms with Gasteiger partial charge >= 0.3 is 0 Å². The molecule has 0 amide bonds. The Labute approximate surface area is 87.4 Å². The van der Waals surface area contributed by atoms with Crippen LogP contribution in [0.2, 0.25) is 0 Å². The molecule has 0 aromatic heterocycles. The average Bonchev–Trinajstić information content (AvgIpc) is 2.14. The summed E-state index contributed by atoms with van der Waals surface area (Å²) in [6.07, 6.45) is 1.86. The van der Waals surface area contributed by atoms with Crippen molar-refractivity contribution >= 4 is 22.1 Å². The van der Waals surface area contributed by atoms with Gasteiger partial charge in [-0.05, 0) is 24.6 Å². The maximum atomic E-state index is 4.24. The van der Waals surface area contributed by atoms with Crippen LogP contribution in [0.15, 0.2) is 33.8 Å². The van der Waals surface area contributed by atoms with Crippen molar-refractivity contribution in [2.75, 3.05) is 13.6 Å². The molecule has 0 aliphatic heterocycles. The molecule has 0 bridgehead atoms. The minimum absolute atomic E-state index is 0.921. The third kappa shape index (κ3) is 3.59. The van der Waals surface area contributed by atoms with Crippen LogP contribution in [0, 0.1) is 0 Å². The monoisotopic (exact) mass is 240 g/mol. The van der Waals surface area contributed by atoms with Crippen LogP contribution >= 0.6 is 15.9 Å². The summed E-state index contributed by atoms with van der Waals surface area (Å²) in [5, 5.41) is 6.13. The fourth-order valence-electron chi connectivity index (χ4n) is 0.834. The number of halogens is 1. The fourth-order valence-corrected chi connectivity index (χ4v) is 1.25. The lowest BCUT2D eigenvalue weighted by Gasteiger charge is -2.07. The van der Waals surface area contributed by atoms with E-state index in [2.05, 4.69) is 28.0 Å². The van der Waals surface area contributed by atoms with Gasteiger partial charge in [-0.1, -0.05) is 28.1 Å². The Hall–Kier alpha value is -0.830.